The Labute approximate surface area is 136 Å². The maximum absolute atomic E-state index is 5.90. The first-order valence-electron chi connectivity index (χ1n) is 7.24. The van der Waals surface area contributed by atoms with E-state index in [-0.39, 0.29) is 0 Å². The fraction of sp³-hybridized carbons (Fsp3) is 0.375. The van der Waals surface area contributed by atoms with Gasteiger partial charge in [-0.1, -0.05) is 6.08 Å². The van der Waals surface area contributed by atoms with E-state index >= 15 is 0 Å². The Morgan fingerprint density at radius 1 is 0.773 bits per heavy atom. The molecule has 22 heavy (non-hydrogen) atoms. The largest absolute Gasteiger partial charge is 0.485 e. The highest BCUT2D eigenvalue weighted by atomic mass is 32.1. The van der Waals surface area contributed by atoms with Crippen LogP contribution in [0.15, 0.2) is 6.08 Å². The molecule has 2 aromatic heterocycles. The van der Waals surface area contributed by atoms with Crippen LogP contribution in [0.5, 0.6) is 23.0 Å². The van der Waals surface area contributed by atoms with E-state index in [1.165, 1.54) is 0 Å². The van der Waals surface area contributed by atoms with Gasteiger partial charge in [-0.3, -0.25) is 0 Å². The Hall–Kier alpha value is -1.66. The highest BCUT2D eigenvalue weighted by molar-refractivity contribution is 7.23. The predicted octanol–water partition coefficient (Wildman–Crippen LogP) is 4.36. The summed E-state index contributed by atoms with van der Waals surface area (Å²) in [5, 5.41) is 0. The van der Waals surface area contributed by atoms with Gasteiger partial charge in [0, 0.05) is 4.88 Å². The lowest BCUT2D eigenvalue weighted by atomic mass is 10.2. The van der Waals surface area contributed by atoms with Gasteiger partial charge in [0.05, 0.1) is 14.6 Å². The zero-order valence-electron chi connectivity index (χ0n) is 12.4. The van der Waals surface area contributed by atoms with Gasteiger partial charge in [0.1, 0.15) is 26.4 Å². The number of hydrogen-bond donors (Lipinski definition) is 0. The van der Waals surface area contributed by atoms with Crippen LogP contribution in [0.3, 0.4) is 0 Å². The van der Waals surface area contributed by atoms with Crippen molar-refractivity contribution in [2.24, 2.45) is 0 Å². The van der Waals surface area contributed by atoms with Gasteiger partial charge in [0.25, 0.3) is 0 Å². The standard InChI is InChI=1S/C16H16O4S2/c1-3-4-10-12-14(20-8-6-18-12)16(22-10)15-13-11(9(2)21-15)17-5-7-19-13/h3-4H,5-8H2,1-2H3/b4-3+. The average molecular weight is 336 g/mol. The molecule has 0 amide bonds. The summed E-state index contributed by atoms with van der Waals surface area (Å²) < 4.78 is 23.4. The maximum Gasteiger partial charge on any atom is 0.181 e. The Bertz CT molecular complexity index is 742. The SMILES string of the molecule is C/C=C/c1sc(-c2sc(C)c3c2OCCO3)c2c1OCCO2. The van der Waals surface area contributed by atoms with Gasteiger partial charge in [-0.25, -0.2) is 0 Å². The molecule has 2 aliphatic rings. The highest BCUT2D eigenvalue weighted by Crippen LogP contribution is 2.57. The first-order chi connectivity index (χ1) is 10.8. The lowest BCUT2D eigenvalue weighted by Crippen LogP contribution is -2.15. The van der Waals surface area contributed by atoms with Crippen LogP contribution in [0.25, 0.3) is 15.8 Å². The van der Waals surface area contributed by atoms with Gasteiger partial charge >= 0.3 is 0 Å². The van der Waals surface area contributed by atoms with Crippen molar-refractivity contribution in [3.05, 3.63) is 15.8 Å². The van der Waals surface area contributed by atoms with E-state index in [0.717, 1.165) is 42.5 Å². The Balaban J connectivity index is 1.90. The molecular formula is C16H16O4S2. The number of aryl methyl sites for hydroxylation is 1. The first-order valence-corrected chi connectivity index (χ1v) is 8.87. The number of fused-ring (bicyclic) bond motifs is 2. The lowest BCUT2D eigenvalue weighted by Gasteiger charge is -2.18. The summed E-state index contributed by atoms with van der Waals surface area (Å²) in [6, 6.07) is 0. The molecule has 2 aliphatic heterocycles. The molecule has 0 fully saturated rings. The molecule has 0 unspecified atom stereocenters. The zero-order valence-corrected chi connectivity index (χ0v) is 14.1. The molecule has 0 N–H and O–H groups in total. The zero-order chi connectivity index (χ0) is 15.1. The summed E-state index contributed by atoms with van der Waals surface area (Å²) >= 11 is 3.37. The molecular weight excluding hydrogens is 320 g/mol. The molecule has 0 saturated carbocycles. The minimum Gasteiger partial charge on any atom is -0.485 e. The van der Waals surface area contributed by atoms with Crippen molar-refractivity contribution < 1.29 is 18.9 Å². The van der Waals surface area contributed by atoms with Crippen LogP contribution in [-0.2, 0) is 0 Å². The predicted molar refractivity (Wildman–Crippen MR) is 89.1 cm³/mol. The lowest BCUT2D eigenvalue weighted by molar-refractivity contribution is 0.171. The van der Waals surface area contributed by atoms with Crippen molar-refractivity contribution in [2.75, 3.05) is 26.4 Å². The Morgan fingerprint density at radius 3 is 2.00 bits per heavy atom. The first kappa shape index (κ1) is 14.0. The molecule has 4 rings (SSSR count). The molecule has 0 spiro atoms. The van der Waals surface area contributed by atoms with Gasteiger partial charge < -0.3 is 18.9 Å². The van der Waals surface area contributed by atoms with E-state index in [0.29, 0.717) is 26.4 Å². The molecule has 4 nitrogen and oxygen atoms in total. The third kappa shape index (κ3) is 2.09. The van der Waals surface area contributed by atoms with Crippen LogP contribution in [0.1, 0.15) is 16.7 Å². The third-order valence-corrected chi connectivity index (χ3v) is 5.86. The monoisotopic (exact) mass is 336 g/mol. The summed E-state index contributed by atoms with van der Waals surface area (Å²) in [7, 11) is 0. The molecule has 0 aliphatic carbocycles. The number of allylic oxidation sites excluding steroid dienone is 1. The number of hydrogen-bond acceptors (Lipinski definition) is 6. The van der Waals surface area contributed by atoms with Gasteiger partial charge in [-0.15, -0.1) is 22.7 Å². The summed E-state index contributed by atoms with van der Waals surface area (Å²) in [4.78, 5) is 4.37. The number of ether oxygens (including phenoxy) is 4. The smallest absolute Gasteiger partial charge is 0.181 e. The van der Waals surface area contributed by atoms with Crippen molar-refractivity contribution >= 4 is 28.7 Å². The Kier molecular flexibility index (Phi) is 3.50. The molecule has 0 saturated heterocycles. The molecule has 4 heterocycles. The average Bonchev–Trinajstić information content (AvgIpc) is 3.07. The van der Waals surface area contributed by atoms with Crippen LogP contribution in [-0.4, -0.2) is 26.4 Å². The summed E-state index contributed by atoms with van der Waals surface area (Å²) in [6.45, 7) is 6.43. The van der Waals surface area contributed by atoms with Crippen molar-refractivity contribution in [1.29, 1.82) is 0 Å². The highest BCUT2D eigenvalue weighted by Gasteiger charge is 2.30. The second-order valence-corrected chi connectivity index (χ2v) is 7.27. The molecule has 6 heteroatoms. The summed E-state index contributed by atoms with van der Waals surface area (Å²) in [6.07, 6.45) is 4.08. The minimum atomic E-state index is 0.579. The van der Waals surface area contributed by atoms with Crippen LogP contribution >= 0.6 is 22.7 Å². The molecule has 0 atom stereocenters. The van der Waals surface area contributed by atoms with E-state index in [9.17, 15) is 0 Å². The van der Waals surface area contributed by atoms with E-state index in [1.54, 1.807) is 22.7 Å². The fourth-order valence-electron chi connectivity index (χ4n) is 2.63. The number of rotatable bonds is 2. The summed E-state index contributed by atoms with van der Waals surface area (Å²) in [5.41, 5.74) is 0. The Morgan fingerprint density at radius 2 is 1.32 bits per heavy atom. The van der Waals surface area contributed by atoms with E-state index in [4.69, 9.17) is 18.9 Å². The van der Waals surface area contributed by atoms with Crippen molar-refractivity contribution in [3.63, 3.8) is 0 Å². The van der Waals surface area contributed by atoms with Gasteiger partial charge in [-0.05, 0) is 19.9 Å². The van der Waals surface area contributed by atoms with E-state index in [2.05, 4.69) is 13.0 Å². The molecule has 0 aromatic carbocycles. The van der Waals surface area contributed by atoms with E-state index < -0.39 is 0 Å². The van der Waals surface area contributed by atoms with Crippen LogP contribution in [0, 0.1) is 6.92 Å². The van der Waals surface area contributed by atoms with Gasteiger partial charge in [-0.2, -0.15) is 0 Å². The second kappa shape index (κ2) is 5.52. The van der Waals surface area contributed by atoms with Gasteiger partial charge in [0.2, 0.25) is 0 Å². The van der Waals surface area contributed by atoms with E-state index in [1.807, 2.05) is 13.0 Å². The van der Waals surface area contributed by atoms with Crippen LogP contribution in [0.4, 0.5) is 0 Å². The van der Waals surface area contributed by atoms with Crippen molar-refractivity contribution in [2.45, 2.75) is 13.8 Å². The molecule has 0 bridgehead atoms. The topological polar surface area (TPSA) is 36.9 Å². The van der Waals surface area contributed by atoms with Crippen LogP contribution in [0.2, 0.25) is 0 Å². The maximum atomic E-state index is 5.90. The quantitative estimate of drug-likeness (QED) is 0.816. The van der Waals surface area contributed by atoms with Gasteiger partial charge in [0.15, 0.2) is 23.0 Å². The number of thiophene rings is 2. The minimum absolute atomic E-state index is 0.579. The molecule has 2 aromatic rings. The molecule has 116 valence electrons. The van der Waals surface area contributed by atoms with Crippen LogP contribution < -0.4 is 18.9 Å². The third-order valence-electron chi connectivity index (χ3n) is 3.51. The van der Waals surface area contributed by atoms with Crippen molar-refractivity contribution in [1.82, 2.24) is 0 Å². The summed E-state index contributed by atoms with van der Waals surface area (Å²) in [5.74, 6) is 3.40. The second-order valence-electron chi connectivity index (χ2n) is 4.99. The molecule has 0 radical (unpaired) electrons. The van der Waals surface area contributed by atoms with Crippen molar-refractivity contribution in [3.8, 4) is 32.8 Å². The fourth-order valence-corrected chi connectivity index (χ4v) is 4.96. The normalized spacial score (nSPS) is 16.3.